The van der Waals surface area contributed by atoms with E-state index < -0.39 is 0 Å². The molecule has 0 saturated carbocycles. The molecule has 0 unspecified atom stereocenters. The maximum Gasteiger partial charge on any atom is 0.240 e. The van der Waals surface area contributed by atoms with Gasteiger partial charge in [-0.05, 0) is 67.4 Å². The van der Waals surface area contributed by atoms with Crippen molar-refractivity contribution in [3.8, 4) is 11.5 Å². The zero-order valence-corrected chi connectivity index (χ0v) is 15.8. The number of rotatable bonds is 3. The summed E-state index contributed by atoms with van der Waals surface area (Å²) in [5, 5.41) is 6.94. The van der Waals surface area contributed by atoms with Crippen LogP contribution in [0.2, 0.25) is 0 Å². The van der Waals surface area contributed by atoms with Gasteiger partial charge >= 0.3 is 0 Å². The van der Waals surface area contributed by atoms with E-state index in [0.717, 1.165) is 56.1 Å². The lowest BCUT2D eigenvalue weighted by atomic mass is 9.77. The van der Waals surface area contributed by atoms with Crippen molar-refractivity contribution in [3.05, 3.63) is 23.3 Å². The van der Waals surface area contributed by atoms with Crippen molar-refractivity contribution in [2.75, 3.05) is 40.4 Å². The molecular weight excluding hydrogens is 330 g/mol. The Kier molecular flexibility index (Phi) is 4.80. The molecule has 2 saturated heterocycles. The molecule has 6 nitrogen and oxygen atoms in total. The van der Waals surface area contributed by atoms with E-state index in [1.54, 1.807) is 14.2 Å². The number of nitrogens with one attached hydrogen (secondary N) is 2. The summed E-state index contributed by atoms with van der Waals surface area (Å²) in [6.45, 7) is 4.54. The van der Waals surface area contributed by atoms with Gasteiger partial charge in [0, 0.05) is 19.6 Å². The van der Waals surface area contributed by atoms with E-state index in [0.29, 0.717) is 12.0 Å². The van der Waals surface area contributed by atoms with Crippen LogP contribution in [-0.2, 0) is 17.8 Å². The topological polar surface area (TPSA) is 62.8 Å². The van der Waals surface area contributed by atoms with Crippen molar-refractivity contribution in [1.82, 2.24) is 15.5 Å². The molecule has 3 aliphatic rings. The Bertz CT molecular complexity index is 685. The lowest BCUT2D eigenvalue weighted by molar-refractivity contribution is -0.134. The molecule has 142 valence electrons. The average Bonchev–Trinajstić information content (AvgIpc) is 3.09. The largest absolute Gasteiger partial charge is 0.493 e. The maximum atomic E-state index is 13.1. The van der Waals surface area contributed by atoms with Crippen LogP contribution >= 0.6 is 0 Å². The molecule has 6 heteroatoms. The van der Waals surface area contributed by atoms with Crippen molar-refractivity contribution in [2.24, 2.45) is 5.41 Å². The minimum Gasteiger partial charge on any atom is -0.493 e. The molecule has 3 aliphatic heterocycles. The highest BCUT2D eigenvalue weighted by atomic mass is 16.5. The second-order valence-corrected chi connectivity index (χ2v) is 7.87. The molecule has 1 amide bonds. The van der Waals surface area contributed by atoms with Gasteiger partial charge in [-0.3, -0.25) is 4.79 Å². The summed E-state index contributed by atoms with van der Waals surface area (Å²) >= 11 is 0. The number of ether oxygens (including phenoxy) is 2. The number of carbonyl (C=O) groups is 1. The van der Waals surface area contributed by atoms with E-state index in [-0.39, 0.29) is 11.9 Å². The summed E-state index contributed by atoms with van der Waals surface area (Å²) in [5.41, 5.74) is 2.73. The van der Waals surface area contributed by atoms with Gasteiger partial charge in [0.15, 0.2) is 11.5 Å². The molecule has 3 heterocycles. The Morgan fingerprint density at radius 2 is 1.85 bits per heavy atom. The Morgan fingerprint density at radius 1 is 1.15 bits per heavy atom. The first-order valence-electron chi connectivity index (χ1n) is 9.61. The summed E-state index contributed by atoms with van der Waals surface area (Å²) in [6, 6.07) is 4.03. The molecule has 26 heavy (non-hydrogen) atoms. The van der Waals surface area contributed by atoms with E-state index in [2.05, 4.69) is 10.6 Å². The van der Waals surface area contributed by atoms with Gasteiger partial charge in [-0.2, -0.15) is 0 Å². The Morgan fingerprint density at radius 3 is 2.54 bits per heavy atom. The molecule has 0 aliphatic carbocycles. The average molecular weight is 359 g/mol. The lowest BCUT2D eigenvalue weighted by Gasteiger charge is -2.34. The fraction of sp³-hybridized carbons (Fsp3) is 0.650. The van der Waals surface area contributed by atoms with E-state index in [1.165, 1.54) is 18.4 Å². The summed E-state index contributed by atoms with van der Waals surface area (Å²) in [4.78, 5) is 15.1. The predicted octanol–water partition coefficient (Wildman–Crippen LogP) is 1.32. The molecule has 0 radical (unpaired) electrons. The Labute approximate surface area is 155 Å². The standard InChI is InChI=1S/C20H29N3O3/c1-25-17-9-14-3-8-23(12-15(14)10-18(17)26-2)19(24)16-11-20(13-22-16)4-6-21-7-5-20/h9-10,16,21-22H,3-8,11-13H2,1-2H3/t16-/m1/s1. The highest BCUT2D eigenvalue weighted by Gasteiger charge is 2.43. The highest BCUT2D eigenvalue weighted by molar-refractivity contribution is 5.82. The summed E-state index contributed by atoms with van der Waals surface area (Å²) in [5.74, 6) is 1.74. The Hall–Kier alpha value is -1.79. The fourth-order valence-corrected chi connectivity index (χ4v) is 4.72. The maximum absolute atomic E-state index is 13.1. The highest BCUT2D eigenvalue weighted by Crippen LogP contribution is 2.38. The molecule has 1 atom stereocenters. The molecule has 4 rings (SSSR count). The first kappa shape index (κ1) is 17.6. The monoisotopic (exact) mass is 359 g/mol. The molecule has 1 aromatic rings. The minimum absolute atomic E-state index is 0.0326. The summed E-state index contributed by atoms with van der Waals surface area (Å²) in [7, 11) is 3.31. The van der Waals surface area contributed by atoms with E-state index >= 15 is 0 Å². The first-order chi connectivity index (χ1) is 12.6. The van der Waals surface area contributed by atoms with Crippen LogP contribution in [0.5, 0.6) is 11.5 Å². The summed E-state index contributed by atoms with van der Waals surface area (Å²) < 4.78 is 10.8. The van der Waals surface area contributed by atoms with Gasteiger partial charge in [0.25, 0.3) is 0 Å². The predicted molar refractivity (Wildman–Crippen MR) is 99.6 cm³/mol. The third-order valence-corrected chi connectivity index (χ3v) is 6.35. The molecule has 2 fully saturated rings. The van der Waals surface area contributed by atoms with Crippen LogP contribution in [0.25, 0.3) is 0 Å². The van der Waals surface area contributed by atoms with E-state index in [4.69, 9.17) is 9.47 Å². The van der Waals surface area contributed by atoms with Crippen LogP contribution in [-0.4, -0.2) is 57.2 Å². The number of carbonyl (C=O) groups excluding carboxylic acids is 1. The van der Waals surface area contributed by atoms with Crippen molar-refractivity contribution in [2.45, 2.75) is 38.3 Å². The van der Waals surface area contributed by atoms with Crippen molar-refractivity contribution >= 4 is 5.91 Å². The molecule has 1 aromatic carbocycles. The third-order valence-electron chi connectivity index (χ3n) is 6.35. The van der Waals surface area contributed by atoms with Crippen LogP contribution in [0, 0.1) is 5.41 Å². The minimum atomic E-state index is -0.0326. The number of benzene rings is 1. The van der Waals surface area contributed by atoms with Crippen LogP contribution in [0.3, 0.4) is 0 Å². The second kappa shape index (κ2) is 7.08. The number of hydrogen-bond acceptors (Lipinski definition) is 5. The van der Waals surface area contributed by atoms with Crippen LogP contribution in [0.1, 0.15) is 30.4 Å². The van der Waals surface area contributed by atoms with Crippen LogP contribution < -0.4 is 20.1 Å². The smallest absolute Gasteiger partial charge is 0.240 e. The number of methoxy groups -OCH3 is 2. The normalized spacial score (nSPS) is 24.4. The number of piperidine rings is 1. The SMILES string of the molecule is COc1cc2c(cc1OC)CN(C(=O)[C@H]1CC3(CCNCC3)CN1)CC2. The first-order valence-corrected chi connectivity index (χ1v) is 9.61. The van der Waals surface area contributed by atoms with Crippen molar-refractivity contribution < 1.29 is 14.3 Å². The third kappa shape index (κ3) is 3.16. The Balaban J connectivity index is 1.46. The number of amides is 1. The van der Waals surface area contributed by atoms with E-state index in [9.17, 15) is 4.79 Å². The van der Waals surface area contributed by atoms with Crippen LogP contribution in [0.15, 0.2) is 12.1 Å². The second-order valence-electron chi connectivity index (χ2n) is 7.87. The molecular formula is C20H29N3O3. The molecule has 2 N–H and O–H groups in total. The van der Waals surface area contributed by atoms with Gasteiger partial charge in [-0.1, -0.05) is 0 Å². The van der Waals surface area contributed by atoms with Gasteiger partial charge in [0.2, 0.25) is 5.91 Å². The summed E-state index contributed by atoms with van der Waals surface area (Å²) in [6.07, 6.45) is 4.18. The number of nitrogens with zero attached hydrogens (tertiary/aromatic N) is 1. The lowest BCUT2D eigenvalue weighted by Crippen LogP contribution is -2.45. The van der Waals surface area contributed by atoms with Crippen molar-refractivity contribution in [1.29, 1.82) is 0 Å². The molecule has 1 spiro atoms. The fourth-order valence-electron chi connectivity index (χ4n) is 4.72. The molecule has 0 bridgehead atoms. The van der Waals surface area contributed by atoms with Crippen molar-refractivity contribution in [3.63, 3.8) is 0 Å². The van der Waals surface area contributed by atoms with Crippen LogP contribution in [0.4, 0.5) is 0 Å². The zero-order chi connectivity index (χ0) is 18.1. The van der Waals surface area contributed by atoms with Gasteiger partial charge in [0.1, 0.15) is 0 Å². The van der Waals surface area contributed by atoms with Gasteiger partial charge in [-0.25, -0.2) is 0 Å². The quantitative estimate of drug-likeness (QED) is 0.852. The zero-order valence-electron chi connectivity index (χ0n) is 15.8. The number of fused-ring (bicyclic) bond motifs is 1. The van der Waals surface area contributed by atoms with E-state index in [1.807, 2.05) is 17.0 Å². The number of hydrogen-bond donors (Lipinski definition) is 2. The molecule has 0 aromatic heterocycles. The van der Waals surface area contributed by atoms with Gasteiger partial charge < -0.3 is 25.0 Å². The van der Waals surface area contributed by atoms with Gasteiger partial charge in [0.05, 0.1) is 20.3 Å². The van der Waals surface area contributed by atoms with Gasteiger partial charge in [-0.15, -0.1) is 0 Å².